The third-order valence-electron chi connectivity index (χ3n) is 7.18. The summed E-state index contributed by atoms with van der Waals surface area (Å²) in [6, 6.07) is 30.2. The van der Waals surface area contributed by atoms with Crippen LogP contribution in [0.1, 0.15) is 11.3 Å². The molecule has 6 rings (SSSR count). The van der Waals surface area contributed by atoms with Crippen LogP contribution < -0.4 is 0 Å². The zero-order valence-corrected chi connectivity index (χ0v) is 20.1. The quantitative estimate of drug-likeness (QED) is 0.438. The predicted octanol–water partition coefficient (Wildman–Crippen LogP) is 3.96. The molecular formula is C30H28N4O2. The predicted molar refractivity (Wildman–Crippen MR) is 140 cm³/mol. The van der Waals surface area contributed by atoms with Crippen LogP contribution in [-0.4, -0.2) is 63.7 Å². The maximum Gasteiger partial charge on any atom is 0.247 e. The summed E-state index contributed by atoms with van der Waals surface area (Å²) in [5.74, 6) is 0.0573. The molecule has 2 fully saturated rings. The van der Waals surface area contributed by atoms with Crippen LogP contribution in [0.25, 0.3) is 22.0 Å². The fourth-order valence-electron chi connectivity index (χ4n) is 5.25. The van der Waals surface area contributed by atoms with E-state index in [1.165, 1.54) is 0 Å². The van der Waals surface area contributed by atoms with E-state index in [0.717, 1.165) is 39.8 Å². The van der Waals surface area contributed by atoms with Gasteiger partial charge in [0.25, 0.3) is 0 Å². The van der Waals surface area contributed by atoms with Crippen molar-refractivity contribution in [2.45, 2.75) is 19.1 Å². The highest BCUT2D eigenvalue weighted by atomic mass is 16.2. The molecular weight excluding hydrogens is 448 g/mol. The summed E-state index contributed by atoms with van der Waals surface area (Å²) in [6.07, 6.45) is 0. The molecule has 1 atom stereocenters. The van der Waals surface area contributed by atoms with Crippen molar-refractivity contribution < 1.29 is 9.59 Å². The fraction of sp³-hybridized carbons (Fsp3) is 0.233. The smallest absolute Gasteiger partial charge is 0.247 e. The molecule has 180 valence electrons. The SMILES string of the molecule is O=C1C2CN(Cc3ccc4ccccc4n3)CCN2C(=O)CN1Cc1ccc(-c2ccccc2)cc1. The first-order chi connectivity index (χ1) is 17.6. The van der Waals surface area contributed by atoms with Gasteiger partial charge in [0.2, 0.25) is 11.8 Å². The van der Waals surface area contributed by atoms with Crippen molar-refractivity contribution in [2.75, 3.05) is 26.2 Å². The molecule has 2 aliphatic rings. The molecule has 1 aromatic heterocycles. The Morgan fingerprint density at radius 3 is 2.33 bits per heavy atom. The Hall–Kier alpha value is -4.03. The number of para-hydroxylation sites is 1. The first-order valence-corrected chi connectivity index (χ1v) is 12.4. The Labute approximate surface area is 210 Å². The van der Waals surface area contributed by atoms with E-state index < -0.39 is 6.04 Å². The van der Waals surface area contributed by atoms with Gasteiger partial charge < -0.3 is 9.80 Å². The monoisotopic (exact) mass is 476 g/mol. The van der Waals surface area contributed by atoms with E-state index in [0.29, 0.717) is 26.2 Å². The average molecular weight is 477 g/mol. The lowest BCUT2D eigenvalue weighted by atomic mass is 10.0. The second-order valence-electron chi connectivity index (χ2n) is 9.59. The van der Waals surface area contributed by atoms with Crippen LogP contribution in [0.4, 0.5) is 0 Å². The van der Waals surface area contributed by atoms with Crippen LogP contribution in [0.5, 0.6) is 0 Å². The van der Waals surface area contributed by atoms with Gasteiger partial charge >= 0.3 is 0 Å². The number of carbonyl (C=O) groups excluding carboxylic acids is 2. The Bertz CT molecular complexity index is 1400. The lowest BCUT2D eigenvalue weighted by Gasteiger charge is -2.46. The zero-order chi connectivity index (χ0) is 24.5. The molecule has 0 N–H and O–H groups in total. The summed E-state index contributed by atoms with van der Waals surface area (Å²) in [4.78, 5) is 36.9. The van der Waals surface area contributed by atoms with E-state index in [1.807, 2.05) is 54.6 Å². The number of nitrogens with zero attached hydrogens (tertiary/aromatic N) is 4. The van der Waals surface area contributed by atoms with E-state index >= 15 is 0 Å². The number of pyridine rings is 1. The first kappa shape index (κ1) is 22.4. The molecule has 6 nitrogen and oxygen atoms in total. The molecule has 0 bridgehead atoms. The molecule has 0 aliphatic carbocycles. The van der Waals surface area contributed by atoms with Crippen molar-refractivity contribution in [3.05, 3.63) is 102 Å². The van der Waals surface area contributed by atoms with Crippen molar-refractivity contribution >= 4 is 22.7 Å². The minimum Gasteiger partial charge on any atom is -0.327 e. The van der Waals surface area contributed by atoms with E-state index in [-0.39, 0.29) is 18.4 Å². The maximum absolute atomic E-state index is 13.5. The molecule has 0 spiro atoms. The molecule has 3 aromatic carbocycles. The van der Waals surface area contributed by atoms with E-state index in [9.17, 15) is 9.59 Å². The van der Waals surface area contributed by atoms with Gasteiger partial charge in [-0.15, -0.1) is 0 Å². The number of hydrogen-bond acceptors (Lipinski definition) is 4. The number of aromatic nitrogens is 1. The molecule has 6 heteroatoms. The molecule has 36 heavy (non-hydrogen) atoms. The van der Waals surface area contributed by atoms with Crippen LogP contribution in [-0.2, 0) is 22.7 Å². The Morgan fingerprint density at radius 2 is 1.50 bits per heavy atom. The number of fused-ring (bicyclic) bond motifs is 2. The van der Waals surface area contributed by atoms with E-state index in [4.69, 9.17) is 4.98 Å². The molecule has 1 unspecified atom stereocenters. The largest absolute Gasteiger partial charge is 0.327 e. The highest BCUT2D eigenvalue weighted by Crippen LogP contribution is 2.23. The van der Waals surface area contributed by atoms with Gasteiger partial charge in [-0.05, 0) is 28.8 Å². The lowest BCUT2D eigenvalue weighted by Crippen LogP contribution is -2.66. The zero-order valence-electron chi connectivity index (χ0n) is 20.1. The van der Waals surface area contributed by atoms with Crippen LogP contribution >= 0.6 is 0 Å². The van der Waals surface area contributed by atoms with E-state index in [2.05, 4.69) is 41.3 Å². The fourth-order valence-corrected chi connectivity index (χ4v) is 5.25. The second-order valence-corrected chi connectivity index (χ2v) is 9.59. The molecule has 2 aliphatic heterocycles. The van der Waals surface area contributed by atoms with Gasteiger partial charge in [-0.2, -0.15) is 0 Å². The van der Waals surface area contributed by atoms with Crippen molar-refractivity contribution in [2.24, 2.45) is 0 Å². The van der Waals surface area contributed by atoms with Crippen molar-refractivity contribution in [1.82, 2.24) is 19.7 Å². The van der Waals surface area contributed by atoms with E-state index in [1.54, 1.807) is 9.80 Å². The molecule has 4 aromatic rings. The van der Waals surface area contributed by atoms with Crippen LogP contribution in [0.15, 0.2) is 91.0 Å². The van der Waals surface area contributed by atoms with Crippen LogP contribution in [0.2, 0.25) is 0 Å². The Morgan fingerprint density at radius 1 is 0.750 bits per heavy atom. The highest BCUT2D eigenvalue weighted by Gasteiger charge is 2.42. The van der Waals surface area contributed by atoms with Gasteiger partial charge in [0.15, 0.2) is 0 Å². The summed E-state index contributed by atoms with van der Waals surface area (Å²) >= 11 is 0. The van der Waals surface area contributed by atoms with Crippen LogP contribution in [0.3, 0.4) is 0 Å². The van der Waals surface area contributed by atoms with Crippen molar-refractivity contribution in [1.29, 1.82) is 0 Å². The van der Waals surface area contributed by atoms with Crippen LogP contribution in [0, 0.1) is 0 Å². The molecule has 2 amide bonds. The normalized spacial score (nSPS) is 18.5. The lowest BCUT2D eigenvalue weighted by molar-refractivity contribution is -0.160. The third kappa shape index (κ3) is 4.48. The standard InChI is InChI=1S/C30H28N4O2/c35-29-21-33(18-22-10-12-24(13-11-22)23-6-2-1-3-7-23)30(36)28-20-32(16-17-34(28)29)19-26-15-14-25-8-4-5-9-27(25)31-26/h1-15,28H,16-21H2. The van der Waals surface area contributed by atoms with Crippen molar-refractivity contribution in [3.63, 3.8) is 0 Å². The van der Waals surface area contributed by atoms with Gasteiger partial charge in [0.1, 0.15) is 12.6 Å². The number of piperazine rings is 2. The number of amides is 2. The third-order valence-corrected chi connectivity index (χ3v) is 7.18. The van der Waals surface area contributed by atoms with Gasteiger partial charge in [-0.1, -0.05) is 78.9 Å². The summed E-state index contributed by atoms with van der Waals surface area (Å²) in [5.41, 5.74) is 5.27. The number of carbonyl (C=O) groups is 2. The molecule has 2 saturated heterocycles. The second kappa shape index (κ2) is 9.55. The highest BCUT2D eigenvalue weighted by molar-refractivity contribution is 5.95. The van der Waals surface area contributed by atoms with Gasteiger partial charge in [-0.25, -0.2) is 0 Å². The molecule has 0 saturated carbocycles. The van der Waals surface area contributed by atoms with Gasteiger partial charge in [0.05, 0.1) is 11.2 Å². The maximum atomic E-state index is 13.5. The van der Waals surface area contributed by atoms with Gasteiger partial charge in [0, 0.05) is 38.1 Å². The Kier molecular flexibility index (Phi) is 5.95. The Balaban J connectivity index is 1.14. The molecule has 0 radical (unpaired) electrons. The average Bonchev–Trinajstić information content (AvgIpc) is 2.92. The first-order valence-electron chi connectivity index (χ1n) is 12.4. The number of hydrogen-bond donors (Lipinski definition) is 0. The summed E-state index contributed by atoms with van der Waals surface area (Å²) in [6.45, 7) is 3.09. The topological polar surface area (TPSA) is 56.8 Å². The molecule has 3 heterocycles. The summed E-state index contributed by atoms with van der Waals surface area (Å²) in [5, 5.41) is 1.12. The number of benzene rings is 3. The van der Waals surface area contributed by atoms with Gasteiger partial charge in [-0.3, -0.25) is 19.5 Å². The van der Waals surface area contributed by atoms with Crippen molar-refractivity contribution in [3.8, 4) is 11.1 Å². The minimum atomic E-state index is -0.441. The minimum absolute atomic E-state index is 0.0258. The summed E-state index contributed by atoms with van der Waals surface area (Å²) in [7, 11) is 0. The summed E-state index contributed by atoms with van der Waals surface area (Å²) < 4.78 is 0. The number of rotatable bonds is 5.